The van der Waals surface area contributed by atoms with E-state index in [1.807, 2.05) is 188 Å². The monoisotopic (exact) mass is 2050 g/mol. The van der Waals surface area contributed by atoms with Crippen molar-refractivity contribution in [2.45, 2.75) is 89.9 Å². The molecular formula is C102H86N24O15S5. The van der Waals surface area contributed by atoms with Gasteiger partial charge in [-0.1, -0.05) is 95.9 Å². The summed E-state index contributed by atoms with van der Waals surface area (Å²) in [4.78, 5) is 132. The number of benzene rings is 10. The summed E-state index contributed by atoms with van der Waals surface area (Å²) in [5.74, 6) is 2.95. The molecule has 3 aliphatic rings. The third-order valence-electron chi connectivity index (χ3n) is 22.8. The fourth-order valence-corrected chi connectivity index (χ4v) is 19.1. The summed E-state index contributed by atoms with van der Waals surface area (Å²) in [5.41, 5.74) is 20.0. The number of carbonyl (C=O) groups is 5. The number of aliphatic imine (C=N–C) groups is 1. The average Bonchev–Trinajstić information content (AvgIpc) is 0.940. The van der Waals surface area contributed by atoms with Crippen molar-refractivity contribution in [1.29, 1.82) is 0 Å². The summed E-state index contributed by atoms with van der Waals surface area (Å²) in [7, 11) is 1.98. The quantitative estimate of drug-likeness (QED) is 0.0159. The molecule has 0 atom stereocenters. The number of rotatable bonds is 30. The lowest BCUT2D eigenvalue weighted by Crippen LogP contribution is -2.05. The minimum atomic E-state index is -0.425. The number of nitro benzene ring substituents is 5. The van der Waals surface area contributed by atoms with Gasteiger partial charge < -0.3 is 14.1 Å². The van der Waals surface area contributed by atoms with Crippen LogP contribution in [-0.4, -0.2) is 180 Å². The van der Waals surface area contributed by atoms with Gasteiger partial charge in [-0.25, -0.2) is 15.0 Å². The zero-order chi connectivity index (χ0) is 103. The van der Waals surface area contributed by atoms with Crippen molar-refractivity contribution in [1.82, 2.24) is 69.9 Å². The van der Waals surface area contributed by atoms with Crippen LogP contribution in [0, 0.1) is 57.5 Å². The van der Waals surface area contributed by atoms with Gasteiger partial charge in [-0.3, -0.25) is 99.9 Å². The molecule has 0 saturated carbocycles. The van der Waals surface area contributed by atoms with Gasteiger partial charge in [0.25, 0.3) is 28.4 Å². The summed E-state index contributed by atoms with van der Waals surface area (Å²) in [6, 6.07) is 62.3. The van der Waals surface area contributed by atoms with Crippen LogP contribution >= 0.6 is 58.8 Å². The van der Waals surface area contributed by atoms with Crippen LogP contribution in [0.1, 0.15) is 82.2 Å². The number of aryl methyl sites for hydroxylation is 2. The summed E-state index contributed by atoms with van der Waals surface area (Å²) < 4.78 is 4.17. The first kappa shape index (κ1) is 102. The zero-order valence-corrected chi connectivity index (χ0v) is 83.1. The molecule has 7 aromatic heterocycles. The van der Waals surface area contributed by atoms with Crippen LogP contribution in [0.15, 0.2) is 272 Å². The first-order valence-corrected chi connectivity index (χ1v) is 49.8. The molecule has 3 aliphatic heterocycles. The number of hydrogen-bond acceptors (Lipinski definition) is 32. The highest BCUT2D eigenvalue weighted by Crippen LogP contribution is 2.42. The lowest BCUT2D eigenvalue weighted by Gasteiger charge is -2.10. The van der Waals surface area contributed by atoms with Crippen LogP contribution < -0.4 is 0 Å². The van der Waals surface area contributed by atoms with Crippen LogP contribution in [0.25, 0.3) is 134 Å². The van der Waals surface area contributed by atoms with Gasteiger partial charge in [-0.2, -0.15) is 15.3 Å². The second-order valence-corrected chi connectivity index (χ2v) is 38.5. The Labute approximate surface area is 850 Å². The van der Waals surface area contributed by atoms with Crippen molar-refractivity contribution < 1.29 is 48.6 Å². The highest BCUT2D eigenvalue weighted by molar-refractivity contribution is 8.14. The number of thioether (sulfide) groups is 5. The predicted octanol–water partition coefficient (Wildman–Crippen LogP) is 21.9. The summed E-state index contributed by atoms with van der Waals surface area (Å²) in [6.07, 6.45) is 10.3. The van der Waals surface area contributed by atoms with E-state index in [9.17, 15) is 74.5 Å². The van der Waals surface area contributed by atoms with E-state index in [4.69, 9.17) is 0 Å². The molecule has 39 nitrogen and oxygen atoms in total. The molecule has 0 amide bonds. The molecule has 734 valence electrons. The number of ketones is 5. The lowest BCUT2D eigenvalue weighted by molar-refractivity contribution is -0.385. The number of nitrogens with one attached hydrogen (secondary N) is 5. The molecule has 10 aromatic carbocycles. The van der Waals surface area contributed by atoms with Crippen LogP contribution in [0.2, 0.25) is 0 Å². The largest absolute Gasteiger partial charge is 0.361 e. The highest BCUT2D eigenvalue weighted by atomic mass is 32.2. The number of aromatic amines is 5. The molecule has 44 heteroatoms. The molecule has 0 saturated heterocycles. The highest BCUT2D eigenvalue weighted by Gasteiger charge is 2.28. The Balaban J connectivity index is 0.000000131. The SMILES string of the molecule is CC(=O)CSC1=NN=C(c2cc(-c3cccc(-c4ccn[nH]4)c3)cc([N+](=O)[O-])c2)C1.CC(=O)CSC1=NN=C(c2cc(-c3cccc4c3C=NC4)cc([N+](=O)[O-])c2)C1.CC(=O)CSc1n[nH]c(-c2cc(-c3ccc4c(ccn4C)c3)c(C)c([N+](=O)[O-])c2)n1.CC(=O)CSc1n[nH]c(-c2cc(-c3cccc4[nH]ccc34)cc([N+](=O)[O-])c2)n1.CCn1ccc2cc(-c3cc(-c4nc(SCC(C)=O)n[nH]4)cc([N+](=O)[O-])c3)ccc21. The maximum atomic E-state index is 11.7. The van der Waals surface area contributed by atoms with Crippen molar-refractivity contribution in [2.75, 3.05) is 28.8 Å². The molecule has 0 unspecified atom stereocenters. The number of nitrogens with zero attached hydrogens (tertiary/aromatic N) is 19. The normalized spacial score (nSPS) is 12.2. The van der Waals surface area contributed by atoms with E-state index >= 15 is 0 Å². The number of hydrogen-bond donors (Lipinski definition) is 5. The molecule has 5 N–H and O–H groups in total. The second-order valence-electron chi connectivity index (χ2n) is 33.5. The number of Topliss-reactive ketones (excluding diaryl/α,β-unsaturated/α-hetero) is 5. The van der Waals surface area contributed by atoms with Gasteiger partial charge >= 0.3 is 0 Å². The van der Waals surface area contributed by atoms with Gasteiger partial charge in [0.2, 0.25) is 15.5 Å². The van der Waals surface area contributed by atoms with Crippen molar-refractivity contribution in [3.63, 3.8) is 0 Å². The summed E-state index contributed by atoms with van der Waals surface area (Å²) in [6.45, 7) is 12.9. The molecule has 146 heavy (non-hydrogen) atoms. The maximum Gasteiger partial charge on any atom is 0.273 e. The van der Waals surface area contributed by atoms with E-state index in [0.29, 0.717) is 120 Å². The molecule has 0 bridgehead atoms. The summed E-state index contributed by atoms with van der Waals surface area (Å²) >= 11 is 6.36. The van der Waals surface area contributed by atoms with Gasteiger partial charge in [0, 0.05) is 189 Å². The Morgan fingerprint density at radius 1 is 0.404 bits per heavy atom. The molecule has 20 rings (SSSR count). The molecule has 0 aliphatic carbocycles. The van der Waals surface area contributed by atoms with Gasteiger partial charge in [0.15, 0.2) is 17.5 Å². The Morgan fingerprint density at radius 3 is 1.39 bits per heavy atom. The molecule has 0 spiro atoms. The van der Waals surface area contributed by atoms with Crippen LogP contribution in [0.5, 0.6) is 0 Å². The number of non-ortho nitro benzene ring substituents is 4. The number of fused-ring (bicyclic) bond motifs is 4. The van der Waals surface area contributed by atoms with E-state index in [0.717, 1.165) is 116 Å². The van der Waals surface area contributed by atoms with Crippen molar-refractivity contribution in [2.24, 2.45) is 32.4 Å². The topological polar surface area (TPSA) is 542 Å². The number of aromatic nitrogens is 14. The third kappa shape index (κ3) is 25.0. The predicted molar refractivity (Wildman–Crippen MR) is 570 cm³/mol. The van der Waals surface area contributed by atoms with Gasteiger partial charge in [0.1, 0.15) is 39.0 Å². The molecule has 10 heterocycles. The number of H-pyrrole nitrogens is 5. The fourth-order valence-electron chi connectivity index (χ4n) is 15.9. The Morgan fingerprint density at radius 2 is 0.849 bits per heavy atom. The average molecular weight is 2050 g/mol. The van der Waals surface area contributed by atoms with Gasteiger partial charge in [-0.05, 0) is 201 Å². The Kier molecular flexibility index (Phi) is 32.0. The van der Waals surface area contributed by atoms with E-state index in [-0.39, 0.29) is 79.5 Å². The van der Waals surface area contributed by atoms with Crippen molar-refractivity contribution in [3.05, 3.63) is 309 Å². The van der Waals surface area contributed by atoms with E-state index < -0.39 is 19.7 Å². The first-order chi connectivity index (χ1) is 70.3. The fraction of sp³-hybridized carbons (Fsp3) is 0.167. The van der Waals surface area contributed by atoms with E-state index in [1.54, 1.807) is 37.4 Å². The number of carbonyl (C=O) groups excluding carboxylic acids is 5. The smallest absolute Gasteiger partial charge is 0.273 e. The van der Waals surface area contributed by atoms with Crippen LogP contribution in [0.4, 0.5) is 28.4 Å². The lowest BCUT2D eigenvalue weighted by atomic mass is 9.94. The first-order valence-electron chi connectivity index (χ1n) is 44.9. The van der Waals surface area contributed by atoms with Crippen molar-refractivity contribution in [3.8, 4) is 101 Å². The Hall–Kier alpha value is -17.1. The minimum Gasteiger partial charge on any atom is -0.361 e. The van der Waals surface area contributed by atoms with E-state index in [2.05, 4.69) is 97.6 Å². The van der Waals surface area contributed by atoms with Crippen molar-refractivity contribution >= 4 is 177 Å². The molecule has 0 fully saturated rings. The zero-order valence-electron chi connectivity index (χ0n) is 79.0. The molecule has 0 radical (unpaired) electrons. The summed E-state index contributed by atoms with van der Waals surface area (Å²) in [5, 5.41) is 108. The van der Waals surface area contributed by atoms with Gasteiger partial charge in [-0.15, -0.1) is 49.0 Å². The van der Waals surface area contributed by atoms with Crippen LogP contribution in [0.3, 0.4) is 0 Å². The minimum absolute atomic E-state index is 0.00702. The second kappa shape index (κ2) is 45.9. The Bertz CT molecular complexity index is 8210. The van der Waals surface area contributed by atoms with Crippen LogP contribution in [-0.2, 0) is 44.1 Å². The van der Waals surface area contributed by atoms with Gasteiger partial charge in [0.05, 0.1) is 77.0 Å². The van der Waals surface area contributed by atoms with E-state index in [1.165, 1.54) is 124 Å². The maximum absolute atomic E-state index is 11.7. The molecular weight excluding hydrogens is 1960 g/mol. The number of nitro groups is 5. The standard InChI is InChI=1S/C21H19N5O3S.C21H17N5O3S.C21H19N5O3S.C20H16N4O3S.C19H15N5O3S/c1-12(27)11-30-21-22-20(23-24-21)16-9-17(13(2)19(10-16)26(28)29)14-4-5-18-15(8-14)6-7-25(18)3;1-13(27)12-30-21-11-20(24-25-21)17-8-16(9-18(10-17)26(28)29)14-3-2-4-15(7-14)19-5-6-22-23-19;1-3-25-7-6-15-8-14(4-5-19(15)25)16-9-17(11-18(10-16)26(28)29)20-22-21(24-23-20)30-12-13(2)27;1-12(25)11-28-20-8-19(22-23-20)15-5-14(6-16(7-15)24(26)27)17-4-2-3-13-9-21-10-18(13)17;1-11(25)10-28-19-21-18(22-23-19)13-7-12(8-14(9-13)24(26)27)15-3-2-4-17-16(15)5-6-20-17/h4-10H,11H2,1-3H3,(H,22,23,24);2-10H,11-12H2,1H3,(H,22,23);4-11H,3,12H2,1-2H3,(H,22,23,24);2-7,10H,8-9,11H2,1H3;2-9,20H,10H2,1H3,(H,21,22,23). The third-order valence-corrected chi connectivity index (χ3v) is 28.0. The molecule has 17 aromatic rings.